The van der Waals surface area contributed by atoms with Crippen molar-refractivity contribution < 1.29 is 9.53 Å². The standard InChI is InChI=1S/C14H21BrN2O4/c1-10-9-16(3)14(20)17(13(10)19)7-5-4-6-12(8-15)21-11(2)18/h9,12H,4-8H2,1-3H3. The van der Waals surface area contributed by atoms with Gasteiger partial charge in [-0.25, -0.2) is 4.79 Å². The summed E-state index contributed by atoms with van der Waals surface area (Å²) in [4.78, 5) is 34.8. The average molecular weight is 361 g/mol. The van der Waals surface area contributed by atoms with Gasteiger partial charge in [0.25, 0.3) is 5.56 Å². The van der Waals surface area contributed by atoms with E-state index in [2.05, 4.69) is 15.9 Å². The number of aromatic nitrogens is 2. The number of esters is 1. The number of halogens is 1. The minimum absolute atomic E-state index is 0.167. The Morgan fingerprint density at radius 2 is 2.05 bits per heavy atom. The van der Waals surface area contributed by atoms with Gasteiger partial charge >= 0.3 is 11.7 Å². The predicted octanol–water partition coefficient (Wildman–Crippen LogP) is 1.35. The zero-order valence-electron chi connectivity index (χ0n) is 12.6. The number of ether oxygens (including phenoxy) is 1. The van der Waals surface area contributed by atoms with Gasteiger partial charge in [-0.15, -0.1) is 0 Å². The number of unbranched alkanes of at least 4 members (excludes halogenated alkanes) is 1. The van der Waals surface area contributed by atoms with Crippen LogP contribution in [0.25, 0.3) is 0 Å². The van der Waals surface area contributed by atoms with Crippen LogP contribution in [0.5, 0.6) is 0 Å². The third kappa shape index (κ3) is 5.15. The van der Waals surface area contributed by atoms with Crippen LogP contribution in [0.2, 0.25) is 0 Å². The van der Waals surface area contributed by atoms with Crippen molar-refractivity contribution in [2.75, 3.05) is 5.33 Å². The van der Waals surface area contributed by atoms with Crippen molar-refractivity contribution in [1.82, 2.24) is 9.13 Å². The molecule has 1 atom stereocenters. The van der Waals surface area contributed by atoms with Gasteiger partial charge in [0.1, 0.15) is 6.10 Å². The van der Waals surface area contributed by atoms with Crippen LogP contribution in [0.15, 0.2) is 15.8 Å². The summed E-state index contributed by atoms with van der Waals surface area (Å²) in [5, 5.41) is 0.582. The van der Waals surface area contributed by atoms with Crippen molar-refractivity contribution in [3.8, 4) is 0 Å². The lowest BCUT2D eigenvalue weighted by atomic mass is 10.1. The van der Waals surface area contributed by atoms with Crippen molar-refractivity contribution in [2.24, 2.45) is 7.05 Å². The highest BCUT2D eigenvalue weighted by Crippen LogP contribution is 2.08. The van der Waals surface area contributed by atoms with Crippen LogP contribution >= 0.6 is 15.9 Å². The van der Waals surface area contributed by atoms with Crippen molar-refractivity contribution in [3.05, 3.63) is 32.6 Å². The summed E-state index contributed by atoms with van der Waals surface area (Å²) in [6.45, 7) is 3.45. The number of hydrogen-bond donors (Lipinski definition) is 0. The monoisotopic (exact) mass is 360 g/mol. The van der Waals surface area contributed by atoms with Crippen LogP contribution in [-0.4, -0.2) is 26.5 Å². The number of alkyl halides is 1. The molecule has 0 amide bonds. The van der Waals surface area contributed by atoms with E-state index in [4.69, 9.17) is 4.74 Å². The molecule has 0 spiro atoms. The maximum atomic E-state index is 11.9. The van der Waals surface area contributed by atoms with E-state index in [1.165, 1.54) is 16.1 Å². The molecule has 0 bridgehead atoms. The van der Waals surface area contributed by atoms with E-state index >= 15 is 0 Å². The number of nitrogens with zero attached hydrogens (tertiary/aromatic N) is 2. The fourth-order valence-electron chi connectivity index (χ4n) is 2.13. The summed E-state index contributed by atoms with van der Waals surface area (Å²) >= 11 is 3.30. The van der Waals surface area contributed by atoms with Crippen LogP contribution in [0.4, 0.5) is 0 Å². The third-order valence-electron chi connectivity index (χ3n) is 3.16. The van der Waals surface area contributed by atoms with Gasteiger partial charge in [-0.2, -0.15) is 0 Å². The first-order valence-corrected chi connectivity index (χ1v) is 7.99. The molecule has 1 unspecified atom stereocenters. The molecule has 1 rings (SSSR count). The topological polar surface area (TPSA) is 70.3 Å². The van der Waals surface area contributed by atoms with E-state index in [0.717, 1.165) is 6.42 Å². The van der Waals surface area contributed by atoms with Gasteiger partial charge in [-0.1, -0.05) is 15.9 Å². The molecule has 0 saturated carbocycles. The van der Waals surface area contributed by atoms with Crippen LogP contribution in [-0.2, 0) is 23.1 Å². The lowest BCUT2D eigenvalue weighted by Gasteiger charge is -2.14. The summed E-state index contributed by atoms with van der Waals surface area (Å²) in [7, 11) is 1.63. The van der Waals surface area contributed by atoms with Crippen LogP contribution in [0.3, 0.4) is 0 Å². The Labute approximate surface area is 131 Å². The number of rotatable bonds is 7. The highest BCUT2D eigenvalue weighted by atomic mass is 79.9. The van der Waals surface area contributed by atoms with Gasteiger partial charge in [-0.05, 0) is 26.2 Å². The number of aryl methyl sites for hydroxylation is 2. The van der Waals surface area contributed by atoms with Gasteiger partial charge in [0, 0.05) is 37.6 Å². The number of carbonyl (C=O) groups is 1. The number of carbonyl (C=O) groups excluding carboxylic acids is 1. The second kappa shape index (κ2) is 8.17. The Kier molecular flexibility index (Phi) is 6.87. The number of hydrogen-bond acceptors (Lipinski definition) is 4. The van der Waals surface area contributed by atoms with Crippen LogP contribution < -0.4 is 11.2 Å². The average Bonchev–Trinajstić information content (AvgIpc) is 2.42. The van der Waals surface area contributed by atoms with Gasteiger partial charge in [0.2, 0.25) is 0 Å². The molecule has 0 aromatic carbocycles. The van der Waals surface area contributed by atoms with Gasteiger partial charge < -0.3 is 9.30 Å². The molecule has 0 aliphatic carbocycles. The molecular formula is C14H21BrN2O4. The molecule has 0 fully saturated rings. The lowest BCUT2D eigenvalue weighted by molar-refractivity contribution is -0.145. The maximum Gasteiger partial charge on any atom is 0.330 e. The molecule has 118 valence electrons. The van der Waals surface area contributed by atoms with Crippen molar-refractivity contribution in [2.45, 2.75) is 45.8 Å². The molecule has 7 heteroatoms. The summed E-state index contributed by atoms with van der Waals surface area (Å²) in [6.07, 6.45) is 3.53. The lowest BCUT2D eigenvalue weighted by Crippen LogP contribution is -2.39. The fraction of sp³-hybridized carbons (Fsp3) is 0.643. The molecule has 0 saturated heterocycles. The minimum Gasteiger partial charge on any atom is -0.462 e. The highest BCUT2D eigenvalue weighted by molar-refractivity contribution is 9.09. The molecule has 1 aromatic heterocycles. The summed E-state index contributed by atoms with van der Waals surface area (Å²) < 4.78 is 7.79. The van der Waals surface area contributed by atoms with Gasteiger partial charge in [0.15, 0.2) is 0 Å². The second-order valence-electron chi connectivity index (χ2n) is 5.04. The zero-order chi connectivity index (χ0) is 16.0. The molecule has 0 N–H and O–H groups in total. The molecule has 0 radical (unpaired) electrons. The second-order valence-corrected chi connectivity index (χ2v) is 5.69. The molecule has 1 heterocycles. The van der Waals surface area contributed by atoms with E-state index < -0.39 is 0 Å². The molecule has 6 nitrogen and oxygen atoms in total. The van der Waals surface area contributed by atoms with Crippen LogP contribution in [0.1, 0.15) is 31.7 Å². The fourth-order valence-corrected chi connectivity index (χ4v) is 2.59. The Bertz CT molecular complexity index is 572. The van der Waals surface area contributed by atoms with Crippen molar-refractivity contribution in [1.29, 1.82) is 0 Å². The minimum atomic E-state index is -0.303. The van der Waals surface area contributed by atoms with E-state index in [1.807, 2.05) is 0 Å². The molecular weight excluding hydrogens is 340 g/mol. The largest absolute Gasteiger partial charge is 0.462 e. The smallest absolute Gasteiger partial charge is 0.330 e. The molecule has 0 aliphatic heterocycles. The molecule has 1 aromatic rings. The molecule has 0 aliphatic rings. The van der Waals surface area contributed by atoms with Crippen LogP contribution in [0, 0.1) is 6.92 Å². The summed E-state index contributed by atoms with van der Waals surface area (Å²) in [6, 6.07) is 0. The Morgan fingerprint density at radius 1 is 1.38 bits per heavy atom. The Hall–Kier alpha value is -1.37. The normalized spacial score (nSPS) is 12.2. The first-order valence-electron chi connectivity index (χ1n) is 6.87. The van der Waals surface area contributed by atoms with Gasteiger partial charge in [-0.3, -0.25) is 14.2 Å². The van der Waals surface area contributed by atoms with Gasteiger partial charge in [0.05, 0.1) is 0 Å². The highest BCUT2D eigenvalue weighted by Gasteiger charge is 2.11. The predicted molar refractivity (Wildman–Crippen MR) is 83.9 cm³/mol. The van der Waals surface area contributed by atoms with E-state index in [9.17, 15) is 14.4 Å². The summed E-state index contributed by atoms with van der Waals surface area (Å²) in [5.41, 5.74) is 0.00750. The molecule has 21 heavy (non-hydrogen) atoms. The Balaban J connectivity index is 2.59. The van der Waals surface area contributed by atoms with Crippen molar-refractivity contribution >= 4 is 21.9 Å². The van der Waals surface area contributed by atoms with Crippen molar-refractivity contribution in [3.63, 3.8) is 0 Å². The maximum absolute atomic E-state index is 11.9. The van der Waals surface area contributed by atoms with E-state index in [0.29, 0.717) is 30.3 Å². The third-order valence-corrected chi connectivity index (χ3v) is 3.89. The zero-order valence-corrected chi connectivity index (χ0v) is 14.2. The SMILES string of the molecule is CC(=O)OC(CBr)CCCCn1c(=O)c(C)cn(C)c1=O. The summed E-state index contributed by atoms with van der Waals surface area (Å²) in [5.74, 6) is -0.303. The van der Waals surface area contributed by atoms with E-state index in [-0.39, 0.29) is 23.3 Å². The first-order chi connectivity index (χ1) is 9.86. The van der Waals surface area contributed by atoms with E-state index in [1.54, 1.807) is 20.2 Å². The first kappa shape index (κ1) is 17.7. The quantitative estimate of drug-likeness (QED) is 0.418. The Morgan fingerprint density at radius 3 is 2.62 bits per heavy atom.